The highest BCUT2D eigenvalue weighted by Crippen LogP contribution is 2.57. The van der Waals surface area contributed by atoms with Crippen LogP contribution in [-0.4, -0.2) is 0 Å². The van der Waals surface area contributed by atoms with Gasteiger partial charge in [-0.15, -0.1) is 0 Å². The summed E-state index contributed by atoms with van der Waals surface area (Å²) in [6, 6.07) is 12.9. The van der Waals surface area contributed by atoms with Crippen molar-refractivity contribution in [1.29, 1.82) is 5.26 Å². The molecule has 1 fully saturated rings. The molecule has 0 spiro atoms. The first-order valence-corrected chi connectivity index (χ1v) is 5.06. The van der Waals surface area contributed by atoms with Crippen LogP contribution in [0.2, 0.25) is 0 Å². The topological polar surface area (TPSA) is 23.8 Å². The van der Waals surface area contributed by atoms with E-state index in [9.17, 15) is 0 Å². The fraction of sp³-hybridized carbons (Fsp3) is 0.308. The summed E-state index contributed by atoms with van der Waals surface area (Å²) in [5.41, 5.74) is 2.77. The Labute approximate surface area is 83.7 Å². The zero-order valence-electron chi connectivity index (χ0n) is 7.85. The zero-order chi connectivity index (χ0) is 9.54. The highest BCUT2D eigenvalue weighted by Gasteiger charge is 2.52. The van der Waals surface area contributed by atoms with E-state index in [0.717, 1.165) is 6.42 Å². The molecule has 1 aromatic carbocycles. The van der Waals surface area contributed by atoms with Gasteiger partial charge < -0.3 is 0 Å². The van der Waals surface area contributed by atoms with E-state index in [1.165, 1.54) is 11.1 Å². The van der Waals surface area contributed by atoms with Gasteiger partial charge >= 0.3 is 0 Å². The van der Waals surface area contributed by atoms with Crippen molar-refractivity contribution in [2.45, 2.75) is 6.42 Å². The maximum absolute atomic E-state index is 8.79. The van der Waals surface area contributed by atoms with E-state index in [0.29, 0.717) is 17.8 Å². The minimum atomic E-state index is 0.322. The van der Waals surface area contributed by atoms with Crippen molar-refractivity contribution < 1.29 is 0 Å². The average Bonchev–Trinajstić information content (AvgIpc) is 2.72. The van der Waals surface area contributed by atoms with Crippen molar-refractivity contribution in [2.24, 2.45) is 17.8 Å². The lowest BCUT2D eigenvalue weighted by Crippen LogP contribution is -1.86. The molecule has 1 nitrogen and oxygen atoms in total. The van der Waals surface area contributed by atoms with Crippen LogP contribution in [0.5, 0.6) is 0 Å². The molecule has 2 aliphatic carbocycles. The van der Waals surface area contributed by atoms with Crippen molar-refractivity contribution in [3.63, 3.8) is 0 Å². The van der Waals surface area contributed by atoms with Crippen LogP contribution in [0.15, 0.2) is 36.4 Å². The van der Waals surface area contributed by atoms with E-state index in [4.69, 9.17) is 5.26 Å². The molecule has 0 unspecified atom stereocenters. The smallest absolute Gasteiger partial charge is 0.0665 e. The maximum Gasteiger partial charge on any atom is 0.0665 e. The van der Waals surface area contributed by atoms with Gasteiger partial charge in [-0.1, -0.05) is 36.4 Å². The molecular formula is C13H11N. The Bertz CT molecular complexity index is 424. The summed E-state index contributed by atoms with van der Waals surface area (Å²) in [6.07, 6.45) is 3.40. The van der Waals surface area contributed by atoms with Crippen LogP contribution in [0.25, 0.3) is 5.57 Å². The normalized spacial score (nSPS) is 33.1. The third kappa shape index (κ3) is 1.01. The van der Waals surface area contributed by atoms with Crippen LogP contribution in [0.1, 0.15) is 12.0 Å². The van der Waals surface area contributed by atoms with Gasteiger partial charge in [-0.3, -0.25) is 0 Å². The summed E-state index contributed by atoms with van der Waals surface area (Å²) in [7, 11) is 0. The minimum absolute atomic E-state index is 0.322. The van der Waals surface area contributed by atoms with Gasteiger partial charge in [-0.25, -0.2) is 0 Å². The minimum Gasteiger partial charge on any atom is -0.198 e. The fourth-order valence-electron chi connectivity index (χ4n) is 2.49. The molecule has 1 saturated carbocycles. The highest BCUT2D eigenvalue weighted by atomic mass is 14.6. The predicted molar refractivity (Wildman–Crippen MR) is 55.1 cm³/mol. The first-order chi connectivity index (χ1) is 6.90. The molecule has 0 bridgehead atoms. The largest absolute Gasteiger partial charge is 0.198 e. The third-order valence-corrected chi connectivity index (χ3v) is 3.37. The second kappa shape index (κ2) is 2.72. The summed E-state index contributed by atoms with van der Waals surface area (Å²) < 4.78 is 0. The first-order valence-electron chi connectivity index (χ1n) is 5.06. The predicted octanol–water partition coefficient (Wildman–Crippen LogP) is 2.86. The van der Waals surface area contributed by atoms with Crippen molar-refractivity contribution in [2.75, 3.05) is 0 Å². The Morgan fingerprint density at radius 2 is 2.00 bits per heavy atom. The summed E-state index contributed by atoms with van der Waals surface area (Å²) in [5, 5.41) is 8.79. The number of rotatable bonds is 1. The van der Waals surface area contributed by atoms with Crippen LogP contribution in [0, 0.1) is 29.1 Å². The molecule has 2 aliphatic rings. The standard InChI is InChI=1S/C13H11N/c14-8-13-11-6-10(7-12(11)13)9-4-2-1-3-5-9/h1-6,11-13H,7H2/t11-,12+,13+/m0/s1. The molecule has 1 heteroatoms. The molecule has 0 amide bonds. The van der Waals surface area contributed by atoms with Crippen LogP contribution < -0.4 is 0 Å². The Hall–Kier alpha value is -1.55. The molecule has 3 atom stereocenters. The number of hydrogen-bond donors (Lipinski definition) is 0. The van der Waals surface area contributed by atoms with Gasteiger partial charge in [-0.05, 0) is 29.4 Å². The van der Waals surface area contributed by atoms with Gasteiger partial charge in [0.15, 0.2) is 0 Å². The fourth-order valence-corrected chi connectivity index (χ4v) is 2.49. The van der Waals surface area contributed by atoms with Crippen LogP contribution in [0.4, 0.5) is 0 Å². The summed E-state index contributed by atoms with van der Waals surface area (Å²) in [6.45, 7) is 0. The number of hydrogen-bond acceptors (Lipinski definition) is 1. The number of fused-ring (bicyclic) bond motifs is 1. The van der Waals surface area contributed by atoms with Crippen molar-refractivity contribution in [1.82, 2.24) is 0 Å². The van der Waals surface area contributed by atoms with E-state index in [2.05, 4.69) is 36.4 Å². The van der Waals surface area contributed by atoms with Crippen molar-refractivity contribution in [3.05, 3.63) is 42.0 Å². The summed E-state index contributed by atoms with van der Waals surface area (Å²) in [4.78, 5) is 0. The molecule has 0 aromatic heterocycles. The summed E-state index contributed by atoms with van der Waals surface area (Å²) in [5.74, 6) is 1.52. The molecule has 0 heterocycles. The Morgan fingerprint density at radius 1 is 1.21 bits per heavy atom. The lowest BCUT2D eigenvalue weighted by molar-refractivity contribution is 0.829. The second-order valence-corrected chi connectivity index (χ2v) is 4.16. The molecule has 68 valence electrons. The maximum atomic E-state index is 8.79. The lowest BCUT2D eigenvalue weighted by atomic mass is 10.0. The quantitative estimate of drug-likeness (QED) is 0.653. The average molecular weight is 181 g/mol. The summed E-state index contributed by atoms with van der Waals surface area (Å²) >= 11 is 0. The van der Waals surface area contributed by atoms with Crippen LogP contribution >= 0.6 is 0 Å². The van der Waals surface area contributed by atoms with E-state index in [1.54, 1.807) is 0 Å². The number of benzene rings is 1. The van der Waals surface area contributed by atoms with E-state index >= 15 is 0 Å². The van der Waals surface area contributed by atoms with Gasteiger partial charge in [0.05, 0.1) is 12.0 Å². The third-order valence-electron chi connectivity index (χ3n) is 3.37. The molecule has 3 rings (SSSR count). The van der Waals surface area contributed by atoms with Gasteiger partial charge in [0.25, 0.3) is 0 Å². The Morgan fingerprint density at radius 3 is 2.57 bits per heavy atom. The van der Waals surface area contributed by atoms with E-state index in [1.807, 2.05) is 6.07 Å². The van der Waals surface area contributed by atoms with Gasteiger partial charge in [0, 0.05) is 0 Å². The molecule has 14 heavy (non-hydrogen) atoms. The van der Waals surface area contributed by atoms with Crippen LogP contribution in [0.3, 0.4) is 0 Å². The molecule has 0 saturated heterocycles. The second-order valence-electron chi connectivity index (χ2n) is 4.16. The van der Waals surface area contributed by atoms with Crippen LogP contribution in [-0.2, 0) is 0 Å². The Balaban J connectivity index is 1.86. The number of nitrogens with zero attached hydrogens (tertiary/aromatic N) is 1. The SMILES string of the molecule is N#C[C@@H]1[C@H]2C=C(c3ccccc3)C[C@@H]12. The zero-order valence-corrected chi connectivity index (χ0v) is 7.85. The van der Waals surface area contributed by atoms with E-state index < -0.39 is 0 Å². The van der Waals surface area contributed by atoms with Gasteiger partial charge in [0.2, 0.25) is 0 Å². The first kappa shape index (κ1) is 7.82. The van der Waals surface area contributed by atoms with E-state index in [-0.39, 0.29) is 0 Å². The molecule has 0 radical (unpaired) electrons. The molecule has 1 aromatic rings. The van der Waals surface area contributed by atoms with Gasteiger partial charge in [0.1, 0.15) is 0 Å². The molecular weight excluding hydrogens is 170 g/mol. The lowest BCUT2D eigenvalue weighted by Gasteiger charge is -2.03. The van der Waals surface area contributed by atoms with Crippen molar-refractivity contribution in [3.8, 4) is 6.07 Å². The van der Waals surface area contributed by atoms with Crippen molar-refractivity contribution >= 4 is 5.57 Å². The number of allylic oxidation sites excluding steroid dienone is 2. The molecule has 0 aliphatic heterocycles. The monoisotopic (exact) mass is 181 g/mol. The highest BCUT2D eigenvalue weighted by molar-refractivity contribution is 5.70. The number of nitriles is 1. The molecule has 0 N–H and O–H groups in total. The van der Waals surface area contributed by atoms with Gasteiger partial charge in [-0.2, -0.15) is 5.26 Å². The Kier molecular flexibility index (Phi) is 1.52.